The molecule has 0 saturated carbocycles. The highest BCUT2D eigenvalue weighted by molar-refractivity contribution is 6.72. The molecule has 3 aromatic carbocycles. The highest BCUT2D eigenvalue weighted by Crippen LogP contribution is 2.60. The van der Waals surface area contributed by atoms with Gasteiger partial charge in [0, 0.05) is 42.2 Å². The van der Waals surface area contributed by atoms with Gasteiger partial charge in [0.25, 0.3) is 5.91 Å². The summed E-state index contributed by atoms with van der Waals surface area (Å²) in [5, 5.41) is 10.2. The Morgan fingerprint density at radius 1 is 1.04 bits per heavy atom. The quantitative estimate of drug-likeness (QED) is 0.269. The number of benzene rings is 3. The molecular weight excluding hydrogens is 614 g/mol. The second-order valence-corrected chi connectivity index (χ2v) is 17.8. The second kappa shape index (κ2) is 12.0. The Balaban J connectivity index is 1.20. The lowest BCUT2D eigenvalue weighted by Gasteiger charge is -2.37. The molecule has 1 N–H and O–H groups in total. The standard InChI is InChI=1S/C37H42FN3O5Si/c1-24-35(47(2,3)38)32(20-34(44)40-22-27-12-5-4-11-26(27)19-29(40)23-42)46-37(24)30-14-6-7-15-31(30)41(36(37)45)21-25-10-8-13-28(18-25)39-17-9-16-33(39)43/h4-8,10-15,18,24,29,32,35,42H,9,16-17,19-23H2,1-3H3/t24-,29-,32+,35-,37+/m0/s1. The molecule has 2 saturated heterocycles. The van der Waals surface area contributed by atoms with Crippen LogP contribution in [0.4, 0.5) is 15.5 Å². The van der Waals surface area contributed by atoms with E-state index in [-0.39, 0.29) is 43.3 Å². The van der Waals surface area contributed by atoms with Gasteiger partial charge < -0.3 is 28.7 Å². The van der Waals surface area contributed by atoms with Crippen molar-refractivity contribution < 1.29 is 28.3 Å². The molecule has 0 aromatic heterocycles. The van der Waals surface area contributed by atoms with Crippen molar-refractivity contribution in [3.63, 3.8) is 0 Å². The van der Waals surface area contributed by atoms with Crippen LogP contribution in [0, 0.1) is 5.92 Å². The van der Waals surface area contributed by atoms with Crippen LogP contribution in [0.1, 0.15) is 48.4 Å². The molecule has 0 bridgehead atoms. The van der Waals surface area contributed by atoms with Gasteiger partial charge in [0.15, 0.2) is 5.60 Å². The number of carbonyl (C=O) groups is 3. The predicted octanol–water partition coefficient (Wildman–Crippen LogP) is 5.47. The molecule has 0 unspecified atom stereocenters. The fraction of sp³-hybridized carbons (Fsp3) is 0.432. The maximum Gasteiger partial charge on any atom is 0.264 e. The number of ether oxygens (including phenoxy) is 1. The minimum atomic E-state index is -3.47. The highest BCUT2D eigenvalue weighted by atomic mass is 28.4. The number of carbonyl (C=O) groups excluding carboxylic acids is 3. The van der Waals surface area contributed by atoms with Crippen LogP contribution in [0.25, 0.3) is 0 Å². The summed E-state index contributed by atoms with van der Waals surface area (Å²) in [6.45, 7) is 6.30. The Morgan fingerprint density at radius 3 is 2.51 bits per heavy atom. The number of nitrogens with zero attached hydrogens (tertiary/aromatic N) is 3. The maximum absolute atomic E-state index is 16.4. The molecule has 0 radical (unpaired) electrons. The van der Waals surface area contributed by atoms with Gasteiger partial charge in [-0.1, -0.05) is 61.5 Å². The zero-order valence-corrected chi connectivity index (χ0v) is 28.2. The lowest BCUT2D eigenvalue weighted by atomic mass is 9.82. The van der Waals surface area contributed by atoms with E-state index in [1.54, 1.807) is 27.8 Å². The molecule has 3 aromatic rings. The van der Waals surface area contributed by atoms with Gasteiger partial charge in [-0.25, -0.2) is 0 Å². The van der Waals surface area contributed by atoms with Gasteiger partial charge in [-0.3, -0.25) is 14.4 Å². The molecule has 1 spiro atoms. The van der Waals surface area contributed by atoms with Crippen LogP contribution in [-0.2, 0) is 44.2 Å². The third kappa shape index (κ3) is 5.30. The van der Waals surface area contributed by atoms with Gasteiger partial charge in [0.1, 0.15) is 0 Å². The van der Waals surface area contributed by atoms with Crippen LogP contribution in [-0.4, -0.2) is 61.4 Å². The summed E-state index contributed by atoms with van der Waals surface area (Å²) < 4.78 is 23.2. The topological polar surface area (TPSA) is 90.4 Å². The average molecular weight is 656 g/mol. The van der Waals surface area contributed by atoms with E-state index < -0.39 is 31.6 Å². The number of amides is 3. The molecule has 5 atom stereocenters. The van der Waals surface area contributed by atoms with E-state index in [9.17, 15) is 19.5 Å². The summed E-state index contributed by atoms with van der Waals surface area (Å²) >= 11 is 0. The number of halogens is 1. The highest BCUT2D eigenvalue weighted by Gasteiger charge is 2.67. The Labute approximate surface area is 276 Å². The maximum atomic E-state index is 16.4. The van der Waals surface area contributed by atoms with Crippen molar-refractivity contribution in [1.82, 2.24) is 4.90 Å². The molecule has 3 amide bonds. The first-order valence-corrected chi connectivity index (χ1v) is 19.6. The SMILES string of the molecule is C[C@H]1[C@H]([Si](C)(C)F)[C@@H](CC(=O)N2Cc3ccccc3C[C@H]2CO)O[C@]12C(=O)N(Cc1cccc(N3CCCC3=O)c1)c1ccccc12. The summed E-state index contributed by atoms with van der Waals surface area (Å²) in [6, 6.07) is 22.8. The third-order valence-electron chi connectivity index (χ3n) is 10.8. The number of aliphatic hydroxyl groups excluding tert-OH is 1. The monoisotopic (exact) mass is 655 g/mol. The predicted molar refractivity (Wildman–Crippen MR) is 180 cm³/mol. The van der Waals surface area contributed by atoms with Crippen LogP contribution in [0.15, 0.2) is 72.8 Å². The van der Waals surface area contributed by atoms with E-state index in [0.29, 0.717) is 37.2 Å². The molecule has 4 aliphatic heterocycles. The van der Waals surface area contributed by atoms with Gasteiger partial charge in [-0.05, 0) is 60.8 Å². The number of para-hydroxylation sites is 1. The number of rotatable bonds is 7. The van der Waals surface area contributed by atoms with Crippen LogP contribution in [0.5, 0.6) is 0 Å². The lowest BCUT2D eigenvalue weighted by Crippen LogP contribution is -2.48. The Bertz CT molecular complexity index is 1730. The first-order valence-electron chi connectivity index (χ1n) is 16.7. The van der Waals surface area contributed by atoms with Crippen LogP contribution in [0.2, 0.25) is 18.6 Å². The van der Waals surface area contributed by atoms with E-state index in [1.807, 2.05) is 79.7 Å². The largest absolute Gasteiger partial charge is 0.394 e. The van der Waals surface area contributed by atoms with Crippen molar-refractivity contribution >= 4 is 37.5 Å². The lowest BCUT2D eigenvalue weighted by molar-refractivity contribution is -0.151. The van der Waals surface area contributed by atoms with Gasteiger partial charge in [0.2, 0.25) is 20.2 Å². The molecule has 8 nitrogen and oxygen atoms in total. The molecule has 4 heterocycles. The zero-order valence-electron chi connectivity index (χ0n) is 27.2. The van der Waals surface area contributed by atoms with Crippen LogP contribution < -0.4 is 9.80 Å². The van der Waals surface area contributed by atoms with Gasteiger partial charge in [-0.2, -0.15) is 0 Å². The fourth-order valence-electron chi connectivity index (χ4n) is 8.62. The Kier molecular flexibility index (Phi) is 8.09. The summed E-state index contributed by atoms with van der Waals surface area (Å²) in [5.74, 6) is -0.887. The van der Waals surface area contributed by atoms with Crippen molar-refractivity contribution in [2.75, 3.05) is 23.0 Å². The van der Waals surface area contributed by atoms with E-state index in [0.717, 1.165) is 28.8 Å². The van der Waals surface area contributed by atoms with Crippen molar-refractivity contribution in [3.8, 4) is 0 Å². The third-order valence-corrected chi connectivity index (χ3v) is 13.2. The summed E-state index contributed by atoms with van der Waals surface area (Å²) in [5.41, 5.74) is 3.20. The molecule has 0 aliphatic carbocycles. The number of hydrogen-bond acceptors (Lipinski definition) is 5. The minimum absolute atomic E-state index is 0.0723. The van der Waals surface area contributed by atoms with Crippen molar-refractivity contribution in [2.45, 2.75) is 82.1 Å². The zero-order chi connectivity index (χ0) is 33.1. The molecular formula is C37H42FN3O5Si. The summed E-state index contributed by atoms with van der Waals surface area (Å²) in [7, 11) is -3.47. The van der Waals surface area contributed by atoms with Gasteiger partial charge >= 0.3 is 0 Å². The van der Waals surface area contributed by atoms with E-state index in [1.165, 1.54) is 0 Å². The molecule has 4 aliphatic rings. The Hall–Kier alpha value is -3.86. The number of anilines is 2. The number of aliphatic hydroxyl groups is 1. The van der Waals surface area contributed by atoms with Gasteiger partial charge in [-0.15, -0.1) is 0 Å². The van der Waals surface area contributed by atoms with Crippen LogP contribution in [0.3, 0.4) is 0 Å². The van der Waals surface area contributed by atoms with E-state index in [4.69, 9.17) is 4.74 Å². The average Bonchev–Trinajstić information content (AvgIpc) is 3.69. The van der Waals surface area contributed by atoms with Crippen LogP contribution >= 0.6 is 0 Å². The number of fused-ring (bicyclic) bond motifs is 3. The van der Waals surface area contributed by atoms with Crippen molar-refractivity contribution in [3.05, 3.63) is 95.1 Å². The second-order valence-electron chi connectivity index (χ2n) is 14.0. The normalized spacial score (nSPS) is 27.1. The van der Waals surface area contributed by atoms with Crippen molar-refractivity contribution in [2.24, 2.45) is 5.92 Å². The molecule has 2 fully saturated rings. The summed E-state index contributed by atoms with van der Waals surface area (Å²) in [4.78, 5) is 46.4. The van der Waals surface area contributed by atoms with Gasteiger partial charge in [0.05, 0.1) is 37.4 Å². The summed E-state index contributed by atoms with van der Waals surface area (Å²) in [6.07, 6.45) is 1.03. The first kappa shape index (κ1) is 31.7. The smallest absolute Gasteiger partial charge is 0.264 e. The fourth-order valence-corrected chi connectivity index (χ4v) is 11.1. The van der Waals surface area contributed by atoms with E-state index in [2.05, 4.69) is 0 Å². The molecule has 10 heteroatoms. The molecule has 246 valence electrons. The molecule has 7 rings (SSSR count). The number of hydrogen-bond donors (Lipinski definition) is 1. The van der Waals surface area contributed by atoms with E-state index >= 15 is 4.11 Å². The Morgan fingerprint density at radius 2 is 1.79 bits per heavy atom. The van der Waals surface area contributed by atoms with Crippen molar-refractivity contribution in [1.29, 1.82) is 0 Å². The molecule has 47 heavy (non-hydrogen) atoms. The first-order chi connectivity index (χ1) is 22.5. The minimum Gasteiger partial charge on any atom is -0.394 e.